The van der Waals surface area contributed by atoms with Gasteiger partial charge in [0.2, 0.25) is 0 Å². The third-order valence-electron chi connectivity index (χ3n) is 4.10. The minimum Gasteiger partial charge on any atom is -0.495 e. The van der Waals surface area contributed by atoms with E-state index in [2.05, 4.69) is 30.3 Å². The second kappa shape index (κ2) is 7.78. The number of aromatic nitrogens is 3. The van der Waals surface area contributed by atoms with Crippen molar-refractivity contribution in [1.82, 2.24) is 20.5 Å². The Morgan fingerprint density at radius 2 is 1.76 bits per heavy atom. The zero-order valence-corrected chi connectivity index (χ0v) is 14.5. The fourth-order valence-electron chi connectivity index (χ4n) is 2.71. The SMILES string of the molecule is CCNC(=O)c1ccc(N2CCN(c3ccc(OC)cn3)CC2)nn1. The van der Waals surface area contributed by atoms with Crippen LogP contribution in [0.1, 0.15) is 17.4 Å². The molecule has 0 aromatic carbocycles. The average Bonchev–Trinajstić information content (AvgIpc) is 2.68. The number of nitrogens with zero attached hydrogens (tertiary/aromatic N) is 5. The molecule has 3 heterocycles. The molecule has 0 aliphatic carbocycles. The van der Waals surface area contributed by atoms with Crippen LogP contribution in [0.5, 0.6) is 5.75 Å². The van der Waals surface area contributed by atoms with Gasteiger partial charge in [-0.3, -0.25) is 4.79 Å². The zero-order chi connectivity index (χ0) is 17.6. The number of pyridine rings is 1. The number of ether oxygens (including phenoxy) is 1. The number of rotatable bonds is 5. The Balaban J connectivity index is 1.59. The molecule has 132 valence electrons. The summed E-state index contributed by atoms with van der Waals surface area (Å²) in [7, 11) is 1.63. The standard InChI is InChI=1S/C17H22N6O2/c1-3-18-17(24)14-5-7-16(21-20-14)23-10-8-22(9-11-23)15-6-4-13(25-2)12-19-15/h4-7,12H,3,8-11H2,1-2H3,(H,18,24). The van der Waals surface area contributed by atoms with Crippen LogP contribution in [0.2, 0.25) is 0 Å². The molecule has 8 heteroatoms. The summed E-state index contributed by atoms with van der Waals surface area (Å²) in [6.45, 7) is 5.78. The maximum Gasteiger partial charge on any atom is 0.271 e. The monoisotopic (exact) mass is 342 g/mol. The Morgan fingerprint density at radius 3 is 2.28 bits per heavy atom. The largest absolute Gasteiger partial charge is 0.495 e. The fourth-order valence-corrected chi connectivity index (χ4v) is 2.71. The van der Waals surface area contributed by atoms with Crippen LogP contribution in [0, 0.1) is 0 Å². The molecule has 1 aliphatic heterocycles. The van der Waals surface area contributed by atoms with Crippen molar-refractivity contribution >= 4 is 17.5 Å². The molecule has 2 aromatic heterocycles. The van der Waals surface area contributed by atoms with E-state index in [1.54, 1.807) is 19.4 Å². The number of nitrogens with one attached hydrogen (secondary N) is 1. The lowest BCUT2D eigenvalue weighted by atomic mass is 10.3. The Bertz CT molecular complexity index is 696. The molecular formula is C17H22N6O2. The normalized spacial score (nSPS) is 14.3. The van der Waals surface area contributed by atoms with Crippen molar-refractivity contribution in [2.24, 2.45) is 0 Å². The minimum atomic E-state index is -0.197. The number of piperazine rings is 1. The Kier molecular flexibility index (Phi) is 5.27. The van der Waals surface area contributed by atoms with Gasteiger partial charge < -0.3 is 19.9 Å². The summed E-state index contributed by atoms with van der Waals surface area (Å²) in [5.74, 6) is 2.29. The van der Waals surface area contributed by atoms with Gasteiger partial charge in [-0.1, -0.05) is 0 Å². The summed E-state index contributed by atoms with van der Waals surface area (Å²) in [5, 5.41) is 10.9. The molecule has 2 aromatic rings. The van der Waals surface area contributed by atoms with Crippen LogP contribution < -0.4 is 19.9 Å². The van der Waals surface area contributed by atoms with Crippen molar-refractivity contribution in [2.45, 2.75) is 6.92 Å². The maximum atomic E-state index is 11.7. The van der Waals surface area contributed by atoms with Gasteiger partial charge in [-0.25, -0.2) is 4.98 Å². The summed E-state index contributed by atoms with van der Waals surface area (Å²) in [4.78, 5) is 20.5. The minimum absolute atomic E-state index is 0.197. The first kappa shape index (κ1) is 16.9. The van der Waals surface area contributed by atoms with Gasteiger partial charge in [-0.15, -0.1) is 10.2 Å². The average molecular weight is 342 g/mol. The summed E-state index contributed by atoms with van der Waals surface area (Å²) in [6.07, 6.45) is 1.73. The molecule has 1 saturated heterocycles. The molecule has 0 radical (unpaired) electrons. The number of carbonyl (C=O) groups is 1. The van der Waals surface area contributed by atoms with Gasteiger partial charge in [0.25, 0.3) is 5.91 Å². The predicted octanol–water partition coefficient (Wildman–Crippen LogP) is 0.956. The van der Waals surface area contributed by atoms with E-state index in [-0.39, 0.29) is 5.91 Å². The maximum absolute atomic E-state index is 11.7. The third-order valence-corrected chi connectivity index (χ3v) is 4.10. The second-order valence-corrected chi connectivity index (χ2v) is 5.67. The lowest BCUT2D eigenvalue weighted by Gasteiger charge is -2.35. The zero-order valence-electron chi connectivity index (χ0n) is 14.5. The number of hydrogen-bond acceptors (Lipinski definition) is 7. The molecule has 1 amide bonds. The molecule has 0 saturated carbocycles. The van der Waals surface area contributed by atoms with Crippen LogP contribution in [0.3, 0.4) is 0 Å². The number of methoxy groups -OCH3 is 1. The molecule has 0 spiro atoms. The Hall–Kier alpha value is -2.90. The molecule has 1 aliphatic rings. The summed E-state index contributed by atoms with van der Waals surface area (Å²) in [6, 6.07) is 7.44. The highest BCUT2D eigenvalue weighted by Crippen LogP contribution is 2.19. The van der Waals surface area contributed by atoms with Crippen molar-refractivity contribution in [1.29, 1.82) is 0 Å². The Labute approximate surface area is 146 Å². The highest BCUT2D eigenvalue weighted by molar-refractivity contribution is 5.92. The molecule has 3 rings (SSSR count). The smallest absolute Gasteiger partial charge is 0.271 e. The lowest BCUT2D eigenvalue weighted by Crippen LogP contribution is -2.47. The quantitative estimate of drug-likeness (QED) is 0.866. The lowest BCUT2D eigenvalue weighted by molar-refractivity contribution is 0.0950. The second-order valence-electron chi connectivity index (χ2n) is 5.67. The van der Waals surface area contributed by atoms with Crippen LogP contribution in [0.15, 0.2) is 30.5 Å². The highest BCUT2D eigenvalue weighted by Gasteiger charge is 2.20. The van der Waals surface area contributed by atoms with E-state index >= 15 is 0 Å². The van der Waals surface area contributed by atoms with E-state index in [0.29, 0.717) is 12.2 Å². The summed E-state index contributed by atoms with van der Waals surface area (Å²) >= 11 is 0. The van der Waals surface area contributed by atoms with Crippen LogP contribution in [-0.2, 0) is 0 Å². The van der Waals surface area contributed by atoms with Crippen molar-refractivity contribution in [2.75, 3.05) is 49.6 Å². The molecule has 1 N–H and O–H groups in total. The van der Waals surface area contributed by atoms with E-state index in [1.807, 2.05) is 25.1 Å². The molecule has 25 heavy (non-hydrogen) atoms. The van der Waals surface area contributed by atoms with Gasteiger partial charge in [0.15, 0.2) is 11.5 Å². The van der Waals surface area contributed by atoms with E-state index in [4.69, 9.17) is 4.74 Å². The van der Waals surface area contributed by atoms with Crippen LogP contribution >= 0.6 is 0 Å². The molecule has 0 unspecified atom stereocenters. The van der Waals surface area contributed by atoms with Crippen molar-refractivity contribution in [3.05, 3.63) is 36.2 Å². The molecule has 1 fully saturated rings. The van der Waals surface area contributed by atoms with Crippen LogP contribution in [-0.4, -0.2) is 60.9 Å². The molecule has 8 nitrogen and oxygen atoms in total. The van der Waals surface area contributed by atoms with Gasteiger partial charge in [0, 0.05) is 32.7 Å². The fraction of sp³-hybridized carbons (Fsp3) is 0.412. The first-order valence-electron chi connectivity index (χ1n) is 8.33. The highest BCUT2D eigenvalue weighted by atomic mass is 16.5. The van der Waals surface area contributed by atoms with E-state index in [9.17, 15) is 4.79 Å². The molecule has 0 atom stereocenters. The van der Waals surface area contributed by atoms with Crippen molar-refractivity contribution < 1.29 is 9.53 Å². The van der Waals surface area contributed by atoms with Gasteiger partial charge in [-0.05, 0) is 31.2 Å². The van der Waals surface area contributed by atoms with Gasteiger partial charge >= 0.3 is 0 Å². The predicted molar refractivity (Wildman–Crippen MR) is 95.3 cm³/mol. The van der Waals surface area contributed by atoms with Crippen molar-refractivity contribution in [3.63, 3.8) is 0 Å². The number of amides is 1. The summed E-state index contributed by atoms with van der Waals surface area (Å²) in [5.41, 5.74) is 0.340. The topological polar surface area (TPSA) is 83.5 Å². The summed E-state index contributed by atoms with van der Waals surface area (Å²) < 4.78 is 5.14. The molecular weight excluding hydrogens is 320 g/mol. The molecule has 0 bridgehead atoms. The number of carbonyl (C=O) groups excluding carboxylic acids is 1. The van der Waals surface area contributed by atoms with Gasteiger partial charge in [-0.2, -0.15) is 0 Å². The Morgan fingerprint density at radius 1 is 1.08 bits per heavy atom. The van der Waals surface area contributed by atoms with Gasteiger partial charge in [0.05, 0.1) is 13.3 Å². The third kappa shape index (κ3) is 3.96. The first-order chi connectivity index (χ1) is 12.2. The van der Waals surface area contributed by atoms with E-state index in [0.717, 1.165) is 43.6 Å². The van der Waals surface area contributed by atoms with Gasteiger partial charge in [0.1, 0.15) is 11.6 Å². The first-order valence-corrected chi connectivity index (χ1v) is 8.33. The number of anilines is 2. The van der Waals surface area contributed by atoms with Crippen LogP contribution in [0.25, 0.3) is 0 Å². The van der Waals surface area contributed by atoms with E-state index in [1.165, 1.54) is 0 Å². The van der Waals surface area contributed by atoms with Crippen LogP contribution in [0.4, 0.5) is 11.6 Å². The number of hydrogen-bond donors (Lipinski definition) is 1. The van der Waals surface area contributed by atoms with E-state index < -0.39 is 0 Å². The van der Waals surface area contributed by atoms with Crippen molar-refractivity contribution in [3.8, 4) is 5.75 Å².